The summed E-state index contributed by atoms with van der Waals surface area (Å²) in [6, 6.07) is 7.82. The Morgan fingerprint density at radius 3 is 2.77 bits per heavy atom. The summed E-state index contributed by atoms with van der Waals surface area (Å²) in [7, 11) is 1.74. The van der Waals surface area contributed by atoms with Crippen LogP contribution >= 0.6 is 0 Å². The van der Waals surface area contributed by atoms with Gasteiger partial charge in [0.2, 0.25) is 0 Å². The number of carbonyl (C=O) groups is 1. The van der Waals surface area contributed by atoms with Crippen molar-refractivity contribution in [1.29, 1.82) is 0 Å². The zero-order valence-electron chi connectivity index (χ0n) is 12.0. The minimum atomic E-state index is -0.284. The summed E-state index contributed by atoms with van der Waals surface area (Å²) in [5.74, 6) is -0.344. The van der Waals surface area contributed by atoms with E-state index in [-0.39, 0.29) is 11.7 Å². The molecule has 0 atom stereocenters. The van der Waals surface area contributed by atoms with Crippen molar-refractivity contribution in [3.05, 3.63) is 72.1 Å². The number of halogens is 1. The molecule has 2 heterocycles. The molecule has 1 amide bonds. The van der Waals surface area contributed by atoms with Crippen LogP contribution in [0.3, 0.4) is 0 Å². The third-order valence-corrected chi connectivity index (χ3v) is 3.34. The molecule has 1 aromatic carbocycles. The molecule has 0 spiro atoms. The summed E-state index contributed by atoms with van der Waals surface area (Å²) in [5.41, 5.74) is 2.29. The average Bonchev–Trinajstić information content (AvgIpc) is 3.18. The molecule has 2 aromatic heterocycles. The maximum atomic E-state index is 12.9. The summed E-state index contributed by atoms with van der Waals surface area (Å²) < 4.78 is 14.6. The summed E-state index contributed by atoms with van der Waals surface area (Å²) in [4.78, 5) is 16.6. The van der Waals surface area contributed by atoms with E-state index < -0.39 is 0 Å². The quantitative estimate of drug-likeness (QED) is 0.805. The Balaban J connectivity index is 1.71. The fraction of sp³-hybridized carbons (Fsp3) is 0.125. The maximum absolute atomic E-state index is 12.9. The topological polar surface area (TPSA) is 53.9 Å². The van der Waals surface area contributed by atoms with Crippen LogP contribution in [-0.2, 0) is 6.54 Å². The second kappa shape index (κ2) is 5.85. The van der Waals surface area contributed by atoms with Crippen molar-refractivity contribution in [2.75, 3.05) is 7.05 Å². The molecular formula is C16H15FN4O. The number of rotatable bonds is 4. The number of nitrogens with one attached hydrogen (secondary N) is 1. The van der Waals surface area contributed by atoms with Gasteiger partial charge in [-0.3, -0.25) is 4.79 Å². The van der Waals surface area contributed by atoms with Crippen LogP contribution in [0.2, 0.25) is 0 Å². The Kier molecular flexibility index (Phi) is 3.74. The molecule has 0 unspecified atom stereocenters. The van der Waals surface area contributed by atoms with Gasteiger partial charge < -0.3 is 9.88 Å². The van der Waals surface area contributed by atoms with Crippen molar-refractivity contribution in [3.8, 4) is 5.69 Å². The molecule has 22 heavy (non-hydrogen) atoms. The van der Waals surface area contributed by atoms with Gasteiger partial charge in [0.25, 0.3) is 5.91 Å². The van der Waals surface area contributed by atoms with E-state index in [0.29, 0.717) is 12.1 Å². The average molecular weight is 298 g/mol. The van der Waals surface area contributed by atoms with Crippen LogP contribution in [0.25, 0.3) is 5.69 Å². The SMILES string of the molecule is CN(Cc1cnn(-c2ccc(F)cc2)c1)C(=O)c1cc[nH]c1. The van der Waals surface area contributed by atoms with Gasteiger partial charge in [-0.2, -0.15) is 5.10 Å². The largest absolute Gasteiger partial charge is 0.367 e. The number of aromatic amines is 1. The zero-order chi connectivity index (χ0) is 15.5. The summed E-state index contributed by atoms with van der Waals surface area (Å²) >= 11 is 0. The first-order chi connectivity index (χ1) is 10.6. The summed E-state index contributed by atoms with van der Waals surface area (Å²) in [6.45, 7) is 0.450. The number of nitrogens with zero attached hydrogens (tertiary/aromatic N) is 3. The number of H-pyrrole nitrogens is 1. The Morgan fingerprint density at radius 2 is 2.09 bits per heavy atom. The third-order valence-electron chi connectivity index (χ3n) is 3.34. The number of aromatic nitrogens is 3. The molecule has 0 aliphatic rings. The van der Waals surface area contributed by atoms with E-state index in [0.717, 1.165) is 11.3 Å². The van der Waals surface area contributed by atoms with E-state index in [2.05, 4.69) is 10.1 Å². The van der Waals surface area contributed by atoms with Crippen LogP contribution in [-0.4, -0.2) is 32.6 Å². The number of hydrogen-bond donors (Lipinski definition) is 1. The van der Waals surface area contributed by atoms with E-state index in [4.69, 9.17) is 0 Å². The number of carbonyl (C=O) groups excluding carboxylic acids is 1. The smallest absolute Gasteiger partial charge is 0.255 e. The molecule has 0 radical (unpaired) electrons. The van der Waals surface area contributed by atoms with E-state index in [1.54, 1.807) is 53.4 Å². The van der Waals surface area contributed by atoms with Crippen LogP contribution in [0.15, 0.2) is 55.1 Å². The van der Waals surface area contributed by atoms with Crippen molar-refractivity contribution in [1.82, 2.24) is 19.7 Å². The maximum Gasteiger partial charge on any atom is 0.255 e. The highest BCUT2D eigenvalue weighted by molar-refractivity contribution is 5.93. The molecule has 0 fully saturated rings. The molecule has 0 saturated carbocycles. The van der Waals surface area contributed by atoms with Crippen LogP contribution in [0.4, 0.5) is 4.39 Å². The van der Waals surface area contributed by atoms with Crippen molar-refractivity contribution in [2.24, 2.45) is 0 Å². The van der Waals surface area contributed by atoms with Gasteiger partial charge in [0, 0.05) is 37.7 Å². The van der Waals surface area contributed by atoms with Crippen molar-refractivity contribution >= 4 is 5.91 Å². The van der Waals surface area contributed by atoms with Crippen molar-refractivity contribution in [3.63, 3.8) is 0 Å². The van der Waals surface area contributed by atoms with Gasteiger partial charge in [-0.25, -0.2) is 9.07 Å². The number of amides is 1. The van der Waals surface area contributed by atoms with Gasteiger partial charge >= 0.3 is 0 Å². The predicted octanol–water partition coefficient (Wildman–Crippen LogP) is 2.61. The lowest BCUT2D eigenvalue weighted by Crippen LogP contribution is -2.25. The highest BCUT2D eigenvalue weighted by Gasteiger charge is 2.13. The highest BCUT2D eigenvalue weighted by Crippen LogP contribution is 2.12. The van der Waals surface area contributed by atoms with Gasteiger partial charge in [0.05, 0.1) is 17.4 Å². The lowest BCUT2D eigenvalue weighted by Gasteiger charge is -2.15. The summed E-state index contributed by atoms with van der Waals surface area (Å²) in [5, 5.41) is 4.24. The highest BCUT2D eigenvalue weighted by atomic mass is 19.1. The Hall–Kier alpha value is -2.89. The molecule has 0 aliphatic heterocycles. The van der Waals surface area contributed by atoms with Gasteiger partial charge in [0.1, 0.15) is 5.82 Å². The monoisotopic (exact) mass is 298 g/mol. The van der Waals surface area contributed by atoms with Gasteiger partial charge in [-0.15, -0.1) is 0 Å². The molecule has 1 N–H and O–H groups in total. The Labute approximate surface area is 127 Å². The van der Waals surface area contributed by atoms with Crippen LogP contribution in [0, 0.1) is 5.82 Å². The normalized spacial score (nSPS) is 10.6. The first kappa shape index (κ1) is 14.1. The lowest BCUT2D eigenvalue weighted by molar-refractivity contribution is 0.0785. The van der Waals surface area contributed by atoms with Gasteiger partial charge in [-0.1, -0.05) is 0 Å². The molecular weight excluding hydrogens is 283 g/mol. The molecule has 0 bridgehead atoms. The standard InChI is InChI=1S/C16H15FN4O/c1-20(16(22)13-6-7-18-9-13)10-12-8-19-21(11-12)15-4-2-14(17)3-5-15/h2-9,11,18H,10H2,1H3. The molecule has 0 saturated heterocycles. The zero-order valence-corrected chi connectivity index (χ0v) is 12.0. The van der Waals surface area contributed by atoms with E-state index in [9.17, 15) is 9.18 Å². The van der Waals surface area contributed by atoms with Gasteiger partial charge in [-0.05, 0) is 30.3 Å². The Morgan fingerprint density at radius 1 is 1.32 bits per heavy atom. The lowest BCUT2D eigenvalue weighted by atomic mass is 10.2. The van der Waals surface area contributed by atoms with Gasteiger partial charge in [0.15, 0.2) is 0 Å². The molecule has 0 aliphatic carbocycles. The first-order valence-corrected chi connectivity index (χ1v) is 6.81. The van der Waals surface area contributed by atoms with Crippen LogP contribution in [0.5, 0.6) is 0 Å². The molecule has 5 nitrogen and oxygen atoms in total. The van der Waals surface area contributed by atoms with E-state index in [1.165, 1.54) is 12.1 Å². The van der Waals surface area contributed by atoms with Crippen LogP contribution < -0.4 is 0 Å². The van der Waals surface area contributed by atoms with Crippen molar-refractivity contribution in [2.45, 2.75) is 6.54 Å². The molecule has 6 heteroatoms. The number of benzene rings is 1. The fourth-order valence-electron chi connectivity index (χ4n) is 2.20. The number of hydrogen-bond acceptors (Lipinski definition) is 2. The fourth-order valence-corrected chi connectivity index (χ4v) is 2.20. The Bertz CT molecular complexity index is 762. The second-order valence-corrected chi connectivity index (χ2v) is 5.03. The summed E-state index contributed by atoms with van der Waals surface area (Å²) in [6.07, 6.45) is 6.91. The minimum Gasteiger partial charge on any atom is -0.367 e. The predicted molar refractivity (Wildman–Crippen MR) is 80.1 cm³/mol. The van der Waals surface area contributed by atoms with Crippen LogP contribution in [0.1, 0.15) is 15.9 Å². The molecule has 112 valence electrons. The van der Waals surface area contributed by atoms with E-state index >= 15 is 0 Å². The first-order valence-electron chi connectivity index (χ1n) is 6.81. The van der Waals surface area contributed by atoms with Crippen molar-refractivity contribution < 1.29 is 9.18 Å². The third kappa shape index (κ3) is 2.90. The second-order valence-electron chi connectivity index (χ2n) is 5.03. The van der Waals surface area contributed by atoms with E-state index in [1.807, 2.05) is 6.20 Å². The molecule has 3 rings (SSSR count). The minimum absolute atomic E-state index is 0.0595. The molecule has 3 aromatic rings.